The topological polar surface area (TPSA) is 49.9 Å². The first kappa shape index (κ1) is 12.4. The van der Waals surface area contributed by atoms with E-state index in [-0.39, 0.29) is 17.9 Å². The molecule has 5 nitrogen and oxygen atoms in total. The quantitative estimate of drug-likeness (QED) is 0.661. The number of carbonyl (C=O) groups excluding carboxylic acids is 2. The van der Waals surface area contributed by atoms with Crippen molar-refractivity contribution in [3.8, 4) is 0 Å². The van der Waals surface area contributed by atoms with Gasteiger partial charge in [0.15, 0.2) is 0 Å². The molecule has 1 amide bonds. The van der Waals surface area contributed by atoms with Gasteiger partial charge in [0.05, 0.1) is 7.11 Å². The van der Waals surface area contributed by atoms with Gasteiger partial charge in [-0.25, -0.2) is 0 Å². The summed E-state index contributed by atoms with van der Waals surface area (Å²) in [5.74, 6) is 0.106. The summed E-state index contributed by atoms with van der Waals surface area (Å²) in [4.78, 5) is 27.0. The van der Waals surface area contributed by atoms with E-state index in [0.717, 1.165) is 45.4 Å². The van der Waals surface area contributed by atoms with Crippen molar-refractivity contribution in [3.05, 3.63) is 0 Å². The highest BCUT2D eigenvalue weighted by molar-refractivity contribution is 5.78. The summed E-state index contributed by atoms with van der Waals surface area (Å²) in [7, 11) is 1.43. The molecule has 0 radical (unpaired) electrons. The van der Waals surface area contributed by atoms with Crippen molar-refractivity contribution in [3.63, 3.8) is 0 Å². The second-order valence-corrected chi connectivity index (χ2v) is 4.70. The molecule has 0 bridgehead atoms. The normalized spacial score (nSPS) is 25.6. The van der Waals surface area contributed by atoms with Crippen LogP contribution in [0, 0.1) is 0 Å². The Bertz CT molecular complexity index is 306. The van der Waals surface area contributed by atoms with Crippen LogP contribution < -0.4 is 0 Å². The lowest BCUT2D eigenvalue weighted by Crippen LogP contribution is -2.42. The smallest absolute Gasteiger partial charge is 0.323 e. The number of carbonyl (C=O) groups is 2. The van der Waals surface area contributed by atoms with E-state index < -0.39 is 0 Å². The lowest BCUT2D eigenvalue weighted by molar-refractivity contribution is -0.145. The Morgan fingerprint density at radius 1 is 1.35 bits per heavy atom. The molecule has 2 heterocycles. The molecule has 0 unspecified atom stereocenters. The molecule has 2 fully saturated rings. The first-order chi connectivity index (χ1) is 8.22. The molecule has 0 aromatic carbocycles. The Kier molecular flexibility index (Phi) is 3.99. The molecule has 0 N–H and O–H groups in total. The molecule has 0 saturated carbocycles. The Hall–Kier alpha value is -1.10. The minimum absolute atomic E-state index is 0.0993. The average molecular weight is 240 g/mol. The van der Waals surface area contributed by atoms with Gasteiger partial charge in [-0.2, -0.15) is 0 Å². The number of amides is 1. The Morgan fingerprint density at radius 3 is 2.82 bits per heavy atom. The molecular formula is C12H20N2O3. The number of methoxy groups -OCH3 is 1. The zero-order valence-corrected chi connectivity index (χ0v) is 10.4. The minimum Gasteiger partial charge on any atom is -0.468 e. The summed E-state index contributed by atoms with van der Waals surface area (Å²) in [6.45, 7) is 3.33. The molecule has 0 aromatic rings. The molecule has 2 rings (SSSR count). The zero-order valence-electron chi connectivity index (χ0n) is 10.4. The molecule has 1 atom stereocenters. The second kappa shape index (κ2) is 5.49. The van der Waals surface area contributed by atoms with E-state index in [9.17, 15) is 9.59 Å². The highest BCUT2D eigenvalue weighted by Crippen LogP contribution is 2.18. The minimum atomic E-state index is -0.143. The number of hydrogen-bond donors (Lipinski definition) is 0. The van der Waals surface area contributed by atoms with Gasteiger partial charge in [0.25, 0.3) is 0 Å². The van der Waals surface area contributed by atoms with E-state index in [1.165, 1.54) is 7.11 Å². The summed E-state index contributed by atoms with van der Waals surface area (Å²) < 4.78 is 4.80. The van der Waals surface area contributed by atoms with Gasteiger partial charge in [-0.1, -0.05) is 0 Å². The maximum atomic E-state index is 11.5. The largest absolute Gasteiger partial charge is 0.468 e. The van der Waals surface area contributed by atoms with Gasteiger partial charge in [-0.15, -0.1) is 0 Å². The molecule has 96 valence electrons. The monoisotopic (exact) mass is 240 g/mol. The first-order valence-corrected chi connectivity index (χ1v) is 6.32. The molecule has 0 spiro atoms. The van der Waals surface area contributed by atoms with Crippen molar-refractivity contribution in [1.82, 2.24) is 9.80 Å². The Balaban J connectivity index is 1.81. The van der Waals surface area contributed by atoms with Crippen LogP contribution in [0.5, 0.6) is 0 Å². The van der Waals surface area contributed by atoms with Crippen molar-refractivity contribution in [2.75, 3.05) is 33.3 Å². The molecule has 17 heavy (non-hydrogen) atoms. The van der Waals surface area contributed by atoms with Gasteiger partial charge in [-0.05, 0) is 25.8 Å². The molecule has 0 aromatic heterocycles. The fourth-order valence-electron chi connectivity index (χ4n) is 2.69. The van der Waals surface area contributed by atoms with Gasteiger partial charge in [-0.3, -0.25) is 14.5 Å². The number of likely N-dealkylation sites (tertiary alicyclic amines) is 2. The van der Waals surface area contributed by atoms with Crippen molar-refractivity contribution < 1.29 is 14.3 Å². The van der Waals surface area contributed by atoms with Gasteiger partial charge in [0.2, 0.25) is 5.91 Å². The SMILES string of the molecule is COC(=O)[C@H]1CCCN1CCN1CCCC1=O. The predicted octanol–water partition coefficient (Wildman–Crippen LogP) is 0.246. The molecule has 5 heteroatoms. The highest BCUT2D eigenvalue weighted by Gasteiger charge is 2.32. The van der Waals surface area contributed by atoms with E-state index >= 15 is 0 Å². The third-order valence-corrected chi connectivity index (χ3v) is 3.67. The first-order valence-electron chi connectivity index (χ1n) is 6.32. The number of hydrogen-bond acceptors (Lipinski definition) is 4. The van der Waals surface area contributed by atoms with Crippen LogP contribution in [0.15, 0.2) is 0 Å². The van der Waals surface area contributed by atoms with Crippen LogP contribution in [0.3, 0.4) is 0 Å². The number of esters is 1. The summed E-state index contributed by atoms with van der Waals surface area (Å²) >= 11 is 0. The Morgan fingerprint density at radius 2 is 2.18 bits per heavy atom. The van der Waals surface area contributed by atoms with Crippen LogP contribution in [0.4, 0.5) is 0 Å². The van der Waals surface area contributed by atoms with Crippen molar-refractivity contribution in [1.29, 1.82) is 0 Å². The lowest BCUT2D eigenvalue weighted by Gasteiger charge is -2.25. The highest BCUT2D eigenvalue weighted by atomic mass is 16.5. The third-order valence-electron chi connectivity index (χ3n) is 3.67. The summed E-state index contributed by atoms with van der Waals surface area (Å²) in [5.41, 5.74) is 0. The standard InChI is InChI=1S/C12H20N2O3/c1-17-12(16)10-4-2-6-13(10)8-9-14-7-3-5-11(14)15/h10H,2-9H2,1H3/t10-/m1/s1. The van der Waals surface area contributed by atoms with E-state index in [4.69, 9.17) is 4.74 Å². The third kappa shape index (κ3) is 2.77. The van der Waals surface area contributed by atoms with Crippen molar-refractivity contribution >= 4 is 11.9 Å². The van der Waals surface area contributed by atoms with Gasteiger partial charge >= 0.3 is 5.97 Å². The second-order valence-electron chi connectivity index (χ2n) is 4.70. The van der Waals surface area contributed by atoms with Crippen LogP contribution in [0.2, 0.25) is 0 Å². The zero-order chi connectivity index (χ0) is 12.3. The van der Waals surface area contributed by atoms with E-state index in [1.54, 1.807) is 0 Å². The Labute approximate surface area is 102 Å². The van der Waals surface area contributed by atoms with Gasteiger partial charge in [0, 0.05) is 26.1 Å². The molecular weight excluding hydrogens is 220 g/mol. The van der Waals surface area contributed by atoms with Gasteiger partial charge < -0.3 is 9.64 Å². The molecule has 2 aliphatic rings. The fraction of sp³-hybridized carbons (Fsp3) is 0.833. The van der Waals surface area contributed by atoms with Gasteiger partial charge in [0.1, 0.15) is 6.04 Å². The lowest BCUT2D eigenvalue weighted by atomic mass is 10.2. The molecule has 0 aliphatic carbocycles. The van der Waals surface area contributed by atoms with Crippen molar-refractivity contribution in [2.45, 2.75) is 31.7 Å². The van der Waals surface area contributed by atoms with Crippen LogP contribution in [0.25, 0.3) is 0 Å². The average Bonchev–Trinajstić information content (AvgIpc) is 2.94. The number of rotatable bonds is 4. The van der Waals surface area contributed by atoms with Crippen LogP contribution >= 0.6 is 0 Å². The fourth-order valence-corrected chi connectivity index (χ4v) is 2.69. The molecule has 2 saturated heterocycles. The summed E-state index contributed by atoms with van der Waals surface area (Å²) in [5, 5.41) is 0. The molecule has 2 aliphatic heterocycles. The van der Waals surface area contributed by atoms with E-state index in [2.05, 4.69) is 4.90 Å². The summed E-state index contributed by atoms with van der Waals surface area (Å²) in [6.07, 6.45) is 3.56. The predicted molar refractivity (Wildman–Crippen MR) is 62.4 cm³/mol. The van der Waals surface area contributed by atoms with Crippen LogP contribution in [0.1, 0.15) is 25.7 Å². The number of ether oxygens (including phenoxy) is 1. The van der Waals surface area contributed by atoms with Crippen molar-refractivity contribution in [2.24, 2.45) is 0 Å². The maximum absolute atomic E-state index is 11.5. The van der Waals surface area contributed by atoms with Crippen LogP contribution in [-0.4, -0.2) is 61.0 Å². The summed E-state index contributed by atoms with van der Waals surface area (Å²) in [6, 6.07) is -0.0993. The number of nitrogens with zero attached hydrogens (tertiary/aromatic N) is 2. The maximum Gasteiger partial charge on any atom is 0.323 e. The van der Waals surface area contributed by atoms with E-state index in [0.29, 0.717) is 6.42 Å². The van der Waals surface area contributed by atoms with Crippen LogP contribution in [-0.2, 0) is 14.3 Å². The van der Waals surface area contributed by atoms with E-state index in [1.807, 2.05) is 4.90 Å².